The van der Waals surface area contributed by atoms with Crippen molar-refractivity contribution < 1.29 is 12.8 Å². The van der Waals surface area contributed by atoms with Crippen LogP contribution >= 0.6 is 0 Å². The molecule has 6 heteroatoms. The van der Waals surface area contributed by atoms with Crippen LogP contribution in [0.15, 0.2) is 53.4 Å². The van der Waals surface area contributed by atoms with Gasteiger partial charge in [0.2, 0.25) is 10.0 Å². The van der Waals surface area contributed by atoms with Crippen molar-refractivity contribution in [3.63, 3.8) is 0 Å². The summed E-state index contributed by atoms with van der Waals surface area (Å²) in [5.74, 6) is -0.748. The minimum Gasteiger partial charge on any atom is -0.396 e. The fraction of sp³-hybridized carbons (Fsp3) is 0.0769. The van der Waals surface area contributed by atoms with Crippen molar-refractivity contribution >= 4 is 15.7 Å². The topological polar surface area (TPSA) is 72.2 Å². The Balaban J connectivity index is 2.16. The Kier molecular flexibility index (Phi) is 3.82. The molecule has 0 saturated heterocycles. The first kappa shape index (κ1) is 13.5. The lowest BCUT2D eigenvalue weighted by atomic mass is 10.2. The van der Waals surface area contributed by atoms with Gasteiger partial charge in [0.25, 0.3) is 0 Å². The SMILES string of the molecule is Nc1ccc(S(=O)(=O)NCc2ccccc2)cc1F. The van der Waals surface area contributed by atoms with Gasteiger partial charge in [-0.1, -0.05) is 30.3 Å². The smallest absolute Gasteiger partial charge is 0.240 e. The molecular formula is C13H13FN2O2S. The first-order valence-corrected chi connectivity index (χ1v) is 7.06. The highest BCUT2D eigenvalue weighted by Crippen LogP contribution is 2.16. The van der Waals surface area contributed by atoms with Crippen molar-refractivity contribution in [2.24, 2.45) is 0 Å². The zero-order chi connectivity index (χ0) is 13.9. The minimum absolute atomic E-state index is 0.0815. The summed E-state index contributed by atoms with van der Waals surface area (Å²) in [7, 11) is -3.74. The van der Waals surface area contributed by atoms with Crippen LogP contribution in [0.2, 0.25) is 0 Å². The fourth-order valence-electron chi connectivity index (χ4n) is 1.53. The van der Waals surface area contributed by atoms with Crippen LogP contribution in [-0.4, -0.2) is 8.42 Å². The van der Waals surface area contributed by atoms with Crippen molar-refractivity contribution in [2.75, 3.05) is 5.73 Å². The molecular weight excluding hydrogens is 267 g/mol. The van der Waals surface area contributed by atoms with E-state index >= 15 is 0 Å². The summed E-state index contributed by atoms with van der Waals surface area (Å²) in [6.45, 7) is 0.148. The first-order chi connectivity index (χ1) is 8.99. The third-order valence-corrected chi connectivity index (χ3v) is 3.99. The maximum Gasteiger partial charge on any atom is 0.240 e. The molecule has 0 unspecified atom stereocenters. The summed E-state index contributed by atoms with van der Waals surface area (Å²) in [5.41, 5.74) is 6.05. The van der Waals surface area contributed by atoms with Crippen LogP contribution in [0, 0.1) is 5.82 Å². The molecule has 0 heterocycles. The molecule has 0 aliphatic heterocycles. The van der Waals surface area contributed by atoms with E-state index in [1.807, 2.05) is 18.2 Å². The van der Waals surface area contributed by atoms with Gasteiger partial charge in [0, 0.05) is 6.54 Å². The van der Waals surface area contributed by atoms with Gasteiger partial charge in [0.15, 0.2) is 0 Å². The molecule has 100 valence electrons. The molecule has 0 spiro atoms. The minimum atomic E-state index is -3.74. The lowest BCUT2D eigenvalue weighted by molar-refractivity contribution is 0.578. The van der Waals surface area contributed by atoms with Crippen LogP contribution in [0.5, 0.6) is 0 Å². The van der Waals surface area contributed by atoms with E-state index in [2.05, 4.69) is 4.72 Å². The van der Waals surface area contributed by atoms with E-state index in [1.165, 1.54) is 12.1 Å². The molecule has 2 aromatic rings. The summed E-state index contributed by atoms with van der Waals surface area (Å²) >= 11 is 0. The molecule has 0 aliphatic rings. The van der Waals surface area contributed by atoms with Gasteiger partial charge in [-0.3, -0.25) is 0 Å². The number of nitrogens with one attached hydrogen (secondary N) is 1. The second-order valence-corrected chi connectivity index (χ2v) is 5.76. The van der Waals surface area contributed by atoms with E-state index in [0.717, 1.165) is 11.6 Å². The molecule has 0 radical (unpaired) electrons. The number of sulfonamides is 1. The van der Waals surface area contributed by atoms with Crippen molar-refractivity contribution in [1.82, 2.24) is 4.72 Å². The molecule has 2 rings (SSSR count). The second kappa shape index (κ2) is 5.38. The van der Waals surface area contributed by atoms with Gasteiger partial charge < -0.3 is 5.73 Å². The quantitative estimate of drug-likeness (QED) is 0.840. The monoisotopic (exact) mass is 280 g/mol. The molecule has 0 saturated carbocycles. The Morgan fingerprint density at radius 3 is 2.42 bits per heavy atom. The fourth-order valence-corrected chi connectivity index (χ4v) is 2.56. The third kappa shape index (κ3) is 3.30. The van der Waals surface area contributed by atoms with E-state index < -0.39 is 15.8 Å². The number of nitrogen functional groups attached to an aromatic ring is 1. The van der Waals surface area contributed by atoms with E-state index in [1.54, 1.807) is 12.1 Å². The molecule has 4 nitrogen and oxygen atoms in total. The lowest BCUT2D eigenvalue weighted by Crippen LogP contribution is -2.23. The van der Waals surface area contributed by atoms with Crippen molar-refractivity contribution in [3.05, 3.63) is 59.9 Å². The van der Waals surface area contributed by atoms with Gasteiger partial charge in [-0.05, 0) is 23.8 Å². The van der Waals surface area contributed by atoms with Crippen LogP contribution in [0.4, 0.5) is 10.1 Å². The molecule has 19 heavy (non-hydrogen) atoms. The van der Waals surface area contributed by atoms with Gasteiger partial charge >= 0.3 is 0 Å². The molecule has 0 atom stereocenters. The zero-order valence-electron chi connectivity index (χ0n) is 10.0. The average molecular weight is 280 g/mol. The van der Waals surface area contributed by atoms with E-state index in [0.29, 0.717) is 0 Å². The van der Waals surface area contributed by atoms with Gasteiger partial charge in [0.1, 0.15) is 5.82 Å². The van der Waals surface area contributed by atoms with Crippen LogP contribution < -0.4 is 10.5 Å². The number of rotatable bonds is 4. The molecule has 0 fully saturated rings. The van der Waals surface area contributed by atoms with Gasteiger partial charge in [-0.15, -0.1) is 0 Å². The highest BCUT2D eigenvalue weighted by molar-refractivity contribution is 7.89. The maximum atomic E-state index is 13.3. The summed E-state index contributed by atoms with van der Waals surface area (Å²) in [4.78, 5) is -0.143. The van der Waals surface area contributed by atoms with Gasteiger partial charge in [-0.25, -0.2) is 17.5 Å². The molecule has 3 N–H and O–H groups in total. The zero-order valence-corrected chi connectivity index (χ0v) is 10.8. The molecule has 2 aromatic carbocycles. The number of benzene rings is 2. The molecule has 0 aromatic heterocycles. The van der Waals surface area contributed by atoms with E-state index in [9.17, 15) is 12.8 Å². The van der Waals surface area contributed by atoms with Crippen LogP contribution in [0.3, 0.4) is 0 Å². The number of nitrogens with two attached hydrogens (primary N) is 1. The van der Waals surface area contributed by atoms with Crippen LogP contribution in [0.25, 0.3) is 0 Å². The Morgan fingerprint density at radius 1 is 1.11 bits per heavy atom. The van der Waals surface area contributed by atoms with Crippen LogP contribution in [0.1, 0.15) is 5.56 Å². The number of hydrogen-bond donors (Lipinski definition) is 2. The molecule has 0 amide bonds. The summed E-state index contributed by atoms with van der Waals surface area (Å²) in [6.07, 6.45) is 0. The van der Waals surface area contributed by atoms with Gasteiger partial charge in [0.05, 0.1) is 10.6 Å². The van der Waals surface area contributed by atoms with Crippen LogP contribution in [-0.2, 0) is 16.6 Å². The largest absolute Gasteiger partial charge is 0.396 e. The number of anilines is 1. The predicted molar refractivity (Wildman–Crippen MR) is 71.3 cm³/mol. The number of halogens is 1. The number of hydrogen-bond acceptors (Lipinski definition) is 3. The van der Waals surface area contributed by atoms with E-state index in [-0.39, 0.29) is 17.1 Å². The Morgan fingerprint density at radius 2 is 1.79 bits per heavy atom. The normalized spacial score (nSPS) is 11.4. The first-order valence-electron chi connectivity index (χ1n) is 5.58. The molecule has 0 bridgehead atoms. The van der Waals surface area contributed by atoms with E-state index in [4.69, 9.17) is 5.73 Å². The predicted octanol–water partition coefficient (Wildman–Crippen LogP) is 1.89. The standard InChI is InChI=1S/C13H13FN2O2S/c14-12-8-11(6-7-13(12)15)19(17,18)16-9-10-4-2-1-3-5-10/h1-8,16H,9,15H2. The van der Waals surface area contributed by atoms with Crippen molar-refractivity contribution in [3.8, 4) is 0 Å². The molecule has 0 aliphatic carbocycles. The lowest BCUT2D eigenvalue weighted by Gasteiger charge is -2.07. The summed E-state index contributed by atoms with van der Waals surface area (Å²) in [5, 5.41) is 0. The Hall–Kier alpha value is -1.92. The highest BCUT2D eigenvalue weighted by atomic mass is 32.2. The van der Waals surface area contributed by atoms with Crippen molar-refractivity contribution in [1.29, 1.82) is 0 Å². The summed E-state index contributed by atoms with van der Waals surface area (Å²) < 4.78 is 39.6. The maximum absolute atomic E-state index is 13.3. The van der Waals surface area contributed by atoms with Crippen molar-refractivity contribution in [2.45, 2.75) is 11.4 Å². The van der Waals surface area contributed by atoms with Gasteiger partial charge in [-0.2, -0.15) is 0 Å². The average Bonchev–Trinajstić information content (AvgIpc) is 2.41. The Labute approximate surface area is 111 Å². The Bertz CT molecular complexity index is 672. The highest BCUT2D eigenvalue weighted by Gasteiger charge is 2.15. The second-order valence-electron chi connectivity index (χ2n) is 3.99. The summed E-state index contributed by atoms with van der Waals surface area (Å²) in [6, 6.07) is 12.5. The third-order valence-electron chi connectivity index (χ3n) is 2.59.